The van der Waals surface area contributed by atoms with Gasteiger partial charge in [0.25, 0.3) is 10.0 Å². The Bertz CT molecular complexity index is 508. The van der Waals surface area contributed by atoms with Crippen molar-refractivity contribution in [3.63, 3.8) is 0 Å². The summed E-state index contributed by atoms with van der Waals surface area (Å²) in [6.07, 6.45) is 5.11. The normalized spacial score (nSPS) is 24.5. The molecule has 2 atom stereocenters. The minimum atomic E-state index is -3.61. The highest BCUT2D eigenvalue weighted by atomic mass is 32.2. The van der Waals surface area contributed by atoms with Crippen LogP contribution in [0.4, 0.5) is 0 Å². The number of rotatable bonds is 5. The summed E-state index contributed by atoms with van der Waals surface area (Å²) in [6.45, 7) is 1.85. The average molecular weight is 287 g/mol. The molecule has 1 saturated carbocycles. The van der Waals surface area contributed by atoms with Crippen LogP contribution < -0.4 is 4.72 Å². The van der Waals surface area contributed by atoms with E-state index in [1.165, 1.54) is 18.6 Å². The molecule has 1 fully saturated rings. The lowest BCUT2D eigenvalue weighted by molar-refractivity contribution is 0.235. The summed E-state index contributed by atoms with van der Waals surface area (Å²) in [6, 6.07) is 2.85. The molecule has 19 heavy (non-hydrogen) atoms. The van der Waals surface area contributed by atoms with Gasteiger partial charge in [0.15, 0.2) is 0 Å². The molecule has 0 saturated heterocycles. The van der Waals surface area contributed by atoms with Crippen molar-refractivity contribution in [3.8, 4) is 0 Å². The van der Waals surface area contributed by atoms with Crippen LogP contribution in [0.2, 0.25) is 0 Å². The van der Waals surface area contributed by atoms with Crippen molar-refractivity contribution in [2.45, 2.75) is 56.8 Å². The summed E-state index contributed by atoms with van der Waals surface area (Å²) in [5.74, 6) is 0.863. The molecule has 5 nitrogen and oxygen atoms in total. The average Bonchev–Trinajstić information content (AvgIpc) is 2.88. The topological polar surface area (TPSA) is 79.5 Å². The quantitative estimate of drug-likeness (QED) is 0.868. The van der Waals surface area contributed by atoms with Crippen LogP contribution in [0.25, 0.3) is 0 Å². The van der Waals surface area contributed by atoms with Crippen molar-refractivity contribution in [3.05, 3.63) is 17.9 Å². The van der Waals surface area contributed by atoms with E-state index in [0.29, 0.717) is 5.92 Å². The van der Waals surface area contributed by atoms with Gasteiger partial charge in [0, 0.05) is 6.04 Å². The zero-order chi connectivity index (χ0) is 13.9. The third kappa shape index (κ3) is 3.58. The monoisotopic (exact) mass is 287 g/mol. The molecule has 6 heteroatoms. The van der Waals surface area contributed by atoms with Gasteiger partial charge in [-0.3, -0.25) is 0 Å². The van der Waals surface area contributed by atoms with Gasteiger partial charge >= 0.3 is 0 Å². The van der Waals surface area contributed by atoms with Gasteiger partial charge in [0.1, 0.15) is 12.4 Å². The second-order valence-electron chi connectivity index (χ2n) is 5.14. The molecule has 0 aromatic carbocycles. The zero-order valence-corrected chi connectivity index (χ0v) is 11.9. The van der Waals surface area contributed by atoms with E-state index in [2.05, 4.69) is 11.6 Å². The van der Waals surface area contributed by atoms with Gasteiger partial charge in [-0.15, -0.1) is 0 Å². The smallest absolute Gasteiger partial charge is 0.274 e. The third-order valence-corrected chi connectivity index (χ3v) is 5.13. The van der Waals surface area contributed by atoms with E-state index in [0.717, 1.165) is 25.7 Å². The van der Waals surface area contributed by atoms with E-state index in [9.17, 15) is 8.42 Å². The van der Waals surface area contributed by atoms with E-state index in [-0.39, 0.29) is 23.5 Å². The molecule has 0 spiro atoms. The fraction of sp³-hybridized carbons (Fsp3) is 0.692. The van der Waals surface area contributed by atoms with Gasteiger partial charge in [-0.2, -0.15) is 0 Å². The number of hydrogen-bond donors (Lipinski definition) is 2. The standard InChI is InChI=1S/C13H21NO4S/c1-2-10-4-3-5-11(8-10)14-19(16,17)13-7-6-12(9-15)18-13/h6-7,10-11,14-15H,2-5,8-9H2,1H3. The highest BCUT2D eigenvalue weighted by Gasteiger charge is 2.27. The van der Waals surface area contributed by atoms with Crippen molar-refractivity contribution in [1.82, 2.24) is 4.72 Å². The first-order chi connectivity index (χ1) is 9.05. The van der Waals surface area contributed by atoms with Crippen LogP contribution in [-0.4, -0.2) is 19.6 Å². The molecule has 0 bridgehead atoms. The number of aliphatic hydroxyl groups excluding tert-OH is 1. The van der Waals surface area contributed by atoms with Crippen LogP contribution in [0.15, 0.2) is 21.6 Å². The predicted octanol–water partition coefficient (Wildman–Crippen LogP) is 2.02. The molecule has 1 aromatic heterocycles. The first-order valence-electron chi connectivity index (χ1n) is 6.77. The van der Waals surface area contributed by atoms with Crippen LogP contribution in [0.1, 0.15) is 44.8 Å². The molecule has 2 rings (SSSR count). The molecule has 1 aliphatic carbocycles. The molecule has 1 heterocycles. The fourth-order valence-corrected chi connectivity index (χ4v) is 3.87. The Morgan fingerprint density at radius 3 is 2.84 bits per heavy atom. The highest BCUT2D eigenvalue weighted by molar-refractivity contribution is 7.89. The highest BCUT2D eigenvalue weighted by Crippen LogP contribution is 2.27. The minimum Gasteiger partial charge on any atom is -0.446 e. The van der Waals surface area contributed by atoms with Crippen LogP contribution in [0, 0.1) is 5.92 Å². The lowest BCUT2D eigenvalue weighted by atomic mass is 9.85. The summed E-state index contributed by atoms with van der Waals surface area (Å²) in [7, 11) is -3.61. The molecular weight excluding hydrogens is 266 g/mol. The van der Waals surface area contributed by atoms with Crippen LogP contribution in [0.3, 0.4) is 0 Å². The number of furan rings is 1. The summed E-state index contributed by atoms with van der Waals surface area (Å²) in [4.78, 5) is 0. The van der Waals surface area contributed by atoms with E-state index >= 15 is 0 Å². The first kappa shape index (κ1) is 14.6. The van der Waals surface area contributed by atoms with Crippen LogP contribution in [-0.2, 0) is 16.6 Å². The summed E-state index contributed by atoms with van der Waals surface area (Å²) >= 11 is 0. The van der Waals surface area contributed by atoms with Crippen molar-refractivity contribution >= 4 is 10.0 Å². The van der Waals surface area contributed by atoms with Gasteiger partial charge < -0.3 is 9.52 Å². The second kappa shape index (κ2) is 6.07. The maximum absolute atomic E-state index is 12.1. The summed E-state index contributed by atoms with van der Waals surface area (Å²) in [5.41, 5.74) is 0. The molecule has 1 aromatic rings. The lowest BCUT2D eigenvalue weighted by Crippen LogP contribution is -2.38. The van der Waals surface area contributed by atoms with Crippen molar-refractivity contribution < 1.29 is 17.9 Å². The van der Waals surface area contributed by atoms with Crippen LogP contribution >= 0.6 is 0 Å². The Morgan fingerprint density at radius 2 is 2.21 bits per heavy atom. The number of sulfonamides is 1. The van der Waals surface area contributed by atoms with Gasteiger partial charge in [0.2, 0.25) is 5.09 Å². The van der Waals surface area contributed by atoms with Crippen LogP contribution in [0.5, 0.6) is 0 Å². The maximum Gasteiger partial charge on any atom is 0.274 e. The Hall–Kier alpha value is -0.850. The van der Waals surface area contributed by atoms with Gasteiger partial charge in [-0.25, -0.2) is 13.1 Å². The predicted molar refractivity (Wildman–Crippen MR) is 71.0 cm³/mol. The van der Waals surface area contributed by atoms with Gasteiger partial charge in [-0.1, -0.05) is 26.2 Å². The minimum absolute atomic E-state index is 0.00798. The Balaban J connectivity index is 2.04. The van der Waals surface area contributed by atoms with E-state index in [4.69, 9.17) is 9.52 Å². The molecule has 0 radical (unpaired) electrons. The number of aliphatic hydroxyl groups is 1. The molecule has 0 aliphatic heterocycles. The van der Waals surface area contributed by atoms with Crippen molar-refractivity contribution in [1.29, 1.82) is 0 Å². The molecule has 2 N–H and O–H groups in total. The third-order valence-electron chi connectivity index (χ3n) is 3.74. The summed E-state index contributed by atoms with van der Waals surface area (Å²) in [5, 5.41) is 8.78. The SMILES string of the molecule is CCC1CCCC(NS(=O)(=O)c2ccc(CO)o2)C1. The van der Waals surface area contributed by atoms with Crippen molar-refractivity contribution in [2.75, 3.05) is 0 Å². The Labute approximate surface area is 114 Å². The number of hydrogen-bond acceptors (Lipinski definition) is 4. The van der Waals surface area contributed by atoms with Gasteiger partial charge in [0.05, 0.1) is 0 Å². The van der Waals surface area contributed by atoms with E-state index in [1.54, 1.807) is 0 Å². The fourth-order valence-electron chi connectivity index (χ4n) is 2.63. The van der Waals surface area contributed by atoms with Crippen molar-refractivity contribution in [2.24, 2.45) is 5.92 Å². The number of nitrogens with one attached hydrogen (secondary N) is 1. The first-order valence-corrected chi connectivity index (χ1v) is 8.25. The summed E-state index contributed by atoms with van der Waals surface area (Å²) < 4.78 is 32.1. The molecule has 0 amide bonds. The Morgan fingerprint density at radius 1 is 1.42 bits per heavy atom. The van der Waals surface area contributed by atoms with E-state index in [1.807, 2.05) is 0 Å². The molecule has 2 unspecified atom stereocenters. The molecular formula is C13H21NO4S. The molecule has 1 aliphatic rings. The Kier molecular flexibility index (Phi) is 4.65. The lowest BCUT2D eigenvalue weighted by Gasteiger charge is -2.28. The molecule has 108 valence electrons. The maximum atomic E-state index is 12.1. The largest absolute Gasteiger partial charge is 0.446 e. The zero-order valence-electron chi connectivity index (χ0n) is 11.1. The second-order valence-corrected chi connectivity index (χ2v) is 6.78. The van der Waals surface area contributed by atoms with E-state index < -0.39 is 10.0 Å². The van der Waals surface area contributed by atoms with Gasteiger partial charge in [-0.05, 0) is 30.9 Å².